The predicted octanol–water partition coefficient (Wildman–Crippen LogP) is 2.39. The van der Waals surface area contributed by atoms with Crippen LogP contribution in [-0.4, -0.2) is 42.2 Å². The molecule has 4 nitrogen and oxygen atoms in total. The lowest BCUT2D eigenvalue weighted by molar-refractivity contribution is -0.135. The summed E-state index contributed by atoms with van der Waals surface area (Å²) < 4.78 is 5.20. The summed E-state index contributed by atoms with van der Waals surface area (Å²) in [6.07, 6.45) is 5.35. The molecule has 0 unspecified atom stereocenters. The van der Waals surface area contributed by atoms with Crippen molar-refractivity contribution >= 4 is 5.91 Å². The first-order valence-electron chi connectivity index (χ1n) is 7.78. The summed E-state index contributed by atoms with van der Waals surface area (Å²) in [5.74, 6) is 1.03. The molecule has 0 atom stereocenters. The van der Waals surface area contributed by atoms with Gasteiger partial charge >= 0.3 is 0 Å². The molecule has 0 spiro atoms. The van der Waals surface area contributed by atoms with Gasteiger partial charge in [-0.1, -0.05) is 12.1 Å². The fourth-order valence-corrected chi connectivity index (χ4v) is 2.67. The second-order valence-electron chi connectivity index (χ2n) is 5.60. The first-order valence-corrected chi connectivity index (χ1v) is 7.78. The highest BCUT2D eigenvalue weighted by Crippen LogP contribution is 2.26. The number of ether oxygens (including phenoxy) is 1. The minimum absolute atomic E-state index is 0.145. The number of benzene rings is 1. The van der Waals surface area contributed by atoms with E-state index in [-0.39, 0.29) is 12.5 Å². The second kappa shape index (κ2) is 8.03. The molecule has 0 radical (unpaired) electrons. The van der Waals surface area contributed by atoms with Crippen molar-refractivity contribution in [2.24, 2.45) is 0 Å². The molecule has 1 amide bonds. The minimum atomic E-state index is 0.145. The van der Waals surface area contributed by atoms with E-state index in [4.69, 9.17) is 9.84 Å². The molecule has 1 fully saturated rings. The van der Waals surface area contributed by atoms with Crippen LogP contribution in [0.15, 0.2) is 24.3 Å². The van der Waals surface area contributed by atoms with Gasteiger partial charge in [-0.2, -0.15) is 0 Å². The maximum Gasteiger partial charge on any atom is 0.223 e. The Morgan fingerprint density at radius 3 is 2.86 bits per heavy atom. The summed E-state index contributed by atoms with van der Waals surface area (Å²) >= 11 is 0. The molecule has 1 aromatic carbocycles. The van der Waals surface area contributed by atoms with Crippen LogP contribution in [0.4, 0.5) is 0 Å². The molecule has 0 aliphatic heterocycles. The molecule has 1 aliphatic rings. The summed E-state index contributed by atoms with van der Waals surface area (Å²) in [6, 6.07) is 8.27. The Kier molecular flexibility index (Phi) is 6.05. The van der Waals surface area contributed by atoms with Crippen molar-refractivity contribution < 1.29 is 14.6 Å². The molecular formula is C17H25NO3. The molecule has 0 aromatic heterocycles. The Labute approximate surface area is 126 Å². The van der Waals surface area contributed by atoms with Crippen LogP contribution in [0.3, 0.4) is 0 Å². The molecule has 1 aliphatic carbocycles. The van der Waals surface area contributed by atoms with E-state index in [2.05, 4.69) is 0 Å². The van der Waals surface area contributed by atoms with Gasteiger partial charge in [0.05, 0.1) is 7.11 Å². The zero-order valence-corrected chi connectivity index (χ0v) is 12.8. The third-order valence-electron chi connectivity index (χ3n) is 4.15. The van der Waals surface area contributed by atoms with Gasteiger partial charge in [0.15, 0.2) is 0 Å². The van der Waals surface area contributed by atoms with Gasteiger partial charge in [-0.3, -0.25) is 4.79 Å². The van der Waals surface area contributed by atoms with E-state index in [1.165, 1.54) is 6.42 Å². The smallest absolute Gasteiger partial charge is 0.223 e. The van der Waals surface area contributed by atoms with E-state index in [1.807, 2.05) is 29.2 Å². The van der Waals surface area contributed by atoms with Crippen molar-refractivity contribution in [3.8, 4) is 5.75 Å². The van der Waals surface area contributed by atoms with Crippen molar-refractivity contribution in [3.05, 3.63) is 29.8 Å². The lowest BCUT2D eigenvalue weighted by Crippen LogP contribution is -2.45. The highest BCUT2D eigenvalue weighted by molar-refractivity contribution is 5.77. The van der Waals surface area contributed by atoms with Crippen LogP contribution in [0.25, 0.3) is 0 Å². The van der Waals surface area contributed by atoms with E-state index < -0.39 is 0 Å². The van der Waals surface area contributed by atoms with Gasteiger partial charge in [-0.05, 0) is 49.8 Å². The van der Waals surface area contributed by atoms with Crippen molar-refractivity contribution in [1.29, 1.82) is 0 Å². The lowest BCUT2D eigenvalue weighted by atomic mass is 9.91. The minimum Gasteiger partial charge on any atom is -0.497 e. The molecule has 1 aromatic rings. The number of carbonyl (C=O) groups excluding carboxylic acids is 1. The van der Waals surface area contributed by atoms with Gasteiger partial charge < -0.3 is 14.7 Å². The second-order valence-corrected chi connectivity index (χ2v) is 5.60. The normalized spacial score (nSPS) is 14.6. The predicted molar refractivity (Wildman–Crippen MR) is 82.4 cm³/mol. The molecule has 0 bridgehead atoms. The third kappa shape index (κ3) is 4.46. The number of rotatable bonds is 8. The molecule has 21 heavy (non-hydrogen) atoms. The highest BCUT2D eigenvalue weighted by Gasteiger charge is 2.27. The monoisotopic (exact) mass is 291 g/mol. The number of hydrogen-bond acceptors (Lipinski definition) is 3. The number of amides is 1. The zero-order valence-electron chi connectivity index (χ0n) is 12.8. The van der Waals surface area contributed by atoms with Crippen LogP contribution in [0.2, 0.25) is 0 Å². The lowest BCUT2D eigenvalue weighted by Gasteiger charge is -2.37. The molecule has 1 saturated carbocycles. The summed E-state index contributed by atoms with van der Waals surface area (Å²) in [5, 5.41) is 8.98. The number of aliphatic hydroxyl groups excluding tert-OH is 1. The van der Waals surface area contributed by atoms with Gasteiger partial charge in [-0.25, -0.2) is 0 Å². The summed E-state index contributed by atoms with van der Waals surface area (Å²) in [7, 11) is 1.65. The maximum absolute atomic E-state index is 12.4. The molecule has 2 rings (SSSR count). The molecular weight excluding hydrogens is 266 g/mol. The van der Waals surface area contributed by atoms with Gasteiger partial charge in [0.2, 0.25) is 5.91 Å². The summed E-state index contributed by atoms with van der Waals surface area (Å²) in [6.45, 7) is 0.824. The number of carbonyl (C=O) groups is 1. The van der Waals surface area contributed by atoms with Crippen molar-refractivity contribution in [2.45, 2.75) is 44.6 Å². The Morgan fingerprint density at radius 1 is 1.43 bits per heavy atom. The number of aryl methyl sites for hydroxylation is 1. The molecule has 0 heterocycles. The highest BCUT2D eigenvalue weighted by atomic mass is 16.5. The van der Waals surface area contributed by atoms with Crippen LogP contribution in [0.1, 0.15) is 37.7 Å². The van der Waals surface area contributed by atoms with E-state index >= 15 is 0 Å². The molecule has 0 saturated heterocycles. The van der Waals surface area contributed by atoms with Gasteiger partial charge in [0, 0.05) is 25.6 Å². The zero-order chi connectivity index (χ0) is 15.1. The average molecular weight is 291 g/mol. The third-order valence-corrected chi connectivity index (χ3v) is 4.15. The Bertz CT molecular complexity index is 457. The first-order chi connectivity index (χ1) is 10.2. The van der Waals surface area contributed by atoms with Crippen LogP contribution < -0.4 is 4.74 Å². The Morgan fingerprint density at radius 2 is 2.24 bits per heavy atom. The van der Waals surface area contributed by atoms with Gasteiger partial charge in [0.25, 0.3) is 0 Å². The Hall–Kier alpha value is -1.55. The largest absolute Gasteiger partial charge is 0.497 e. The molecule has 116 valence electrons. The number of nitrogens with zero attached hydrogens (tertiary/aromatic N) is 1. The Balaban J connectivity index is 1.88. The van der Waals surface area contributed by atoms with E-state index in [0.29, 0.717) is 25.4 Å². The maximum atomic E-state index is 12.4. The van der Waals surface area contributed by atoms with Crippen molar-refractivity contribution in [1.82, 2.24) is 4.90 Å². The van der Waals surface area contributed by atoms with E-state index in [1.54, 1.807) is 7.11 Å². The van der Waals surface area contributed by atoms with Gasteiger partial charge in [0.1, 0.15) is 5.75 Å². The van der Waals surface area contributed by atoms with Crippen LogP contribution in [0.5, 0.6) is 5.75 Å². The number of aliphatic hydroxyl groups is 1. The van der Waals surface area contributed by atoms with Crippen LogP contribution in [-0.2, 0) is 11.2 Å². The quantitative estimate of drug-likeness (QED) is 0.800. The summed E-state index contributed by atoms with van der Waals surface area (Å²) in [4.78, 5) is 14.4. The first kappa shape index (κ1) is 15.8. The standard InChI is InChI=1S/C17H25NO3/c1-21-16-8-2-5-14(13-16)9-10-17(20)18(11-4-12-19)15-6-3-7-15/h2,5,8,13,15,19H,3-4,6-7,9-12H2,1H3. The summed E-state index contributed by atoms with van der Waals surface area (Å²) in [5.41, 5.74) is 1.12. The van der Waals surface area contributed by atoms with Crippen LogP contribution >= 0.6 is 0 Å². The average Bonchev–Trinajstić information content (AvgIpc) is 2.47. The molecule has 1 N–H and O–H groups in total. The van der Waals surface area contributed by atoms with Gasteiger partial charge in [-0.15, -0.1) is 0 Å². The van der Waals surface area contributed by atoms with Crippen LogP contribution in [0, 0.1) is 0 Å². The SMILES string of the molecule is COc1cccc(CCC(=O)N(CCCO)C2CCC2)c1. The number of methoxy groups -OCH3 is 1. The molecule has 4 heteroatoms. The fourth-order valence-electron chi connectivity index (χ4n) is 2.67. The van der Waals surface area contributed by atoms with Crippen molar-refractivity contribution in [3.63, 3.8) is 0 Å². The fraction of sp³-hybridized carbons (Fsp3) is 0.588. The van der Waals surface area contributed by atoms with E-state index in [9.17, 15) is 4.79 Å². The topological polar surface area (TPSA) is 49.8 Å². The number of hydrogen-bond donors (Lipinski definition) is 1. The van der Waals surface area contributed by atoms with E-state index in [0.717, 1.165) is 30.6 Å². The van der Waals surface area contributed by atoms with Crippen molar-refractivity contribution in [2.75, 3.05) is 20.3 Å².